The summed E-state index contributed by atoms with van der Waals surface area (Å²) >= 11 is 0. The van der Waals surface area contributed by atoms with Crippen LogP contribution in [-0.2, 0) is 6.54 Å². The summed E-state index contributed by atoms with van der Waals surface area (Å²) in [6.45, 7) is 0.433. The Morgan fingerprint density at radius 2 is 2.00 bits per heavy atom. The van der Waals surface area contributed by atoms with Gasteiger partial charge in [0.2, 0.25) is 5.56 Å². The molecule has 0 aliphatic heterocycles. The monoisotopic (exact) mass is 272 g/mol. The van der Waals surface area contributed by atoms with Gasteiger partial charge in [0.15, 0.2) is 0 Å². The number of rotatable bonds is 4. The third kappa shape index (κ3) is 3.06. The number of para-hydroxylation sites is 1. The summed E-state index contributed by atoms with van der Waals surface area (Å²) in [7, 11) is 3.31. The van der Waals surface area contributed by atoms with Gasteiger partial charge in [0.25, 0.3) is 5.91 Å². The standard InChI is InChI=1S/C15H16N2O3/c1-17(10-12-5-3-4-6-13(12)20-2)15(19)11-7-8-14(18)16-9-11/h3-9H,10H2,1-2H3,(H,16,18). The zero-order valence-corrected chi connectivity index (χ0v) is 11.4. The van der Waals surface area contributed by atoms with E-state index in [0.29, 0.717) is 12.1 Å². The van der Waals surface area contributed by atoms with E-state index in [0.717, 1.165) is 11.3 Å². The van der Waals surface area contributed by atoms with Crippen LogP contribution in [0.5, 0.6) is 5.75 Å². The van der Waals surface area contributed by atoms with Crippen LogP contribution in [0.4, 0.5) is 0 Å². The summed E-state index contributed by atoms with van der Waals surface area (Å²) in [5, 5.41) is 0. The molecule has 0 aliphatic rings. The highest BCUT2D eigenvalue weighted by molar-refractivity contribution is 5.93. The van der Waals surface area contributed by atoms with E-state index in [4.69, 9.17) is 4.74 Å². The molecule has 0 aliphatic carbocycles. The van der Waals surface area contributed by atoms with Crippen LogP contribution in [0.15, 0.2) is 47.4 Å². The largest absolute Gasteiger partial charge is 0.496 e. The molecular weight excluding hydrogens is 256 g/mol. The van der Waals surface area contributed by atoms with Crippen LogP contribution in [-0.4, -0.2) is 29.9 Å². The third-order valence-electron chi connectivity index (χ3n) is 2.98. The maximum absolute atomic E-state index is 12.2. The van der Waals surface area contributed by atoms with Crippen molar-refractivity contribution in [3.63, 3.8) is 0 Å². The zero-order valence-electron chi connectivity index (χ0n) is 11.4. The quantitative estimate of drug-likeness (QED) is 0.920. The van der Waals surface area contributed by atoms with E-state index in [-0.39, 0.29) is 11.5 Å². The van der Waals surface area contributed by atoms with E-state index in [1.807, 2.05) is 24.3 Å². The van der Waals surface area contributed by atoms with Gasteiger partial charge >= 0.3 is 0 Å². The lowest BCUT2D eigenvalue weighted by Gasteiger charge is -2.18. The third-order valence-corrected chi connectivity index (χ3v) is 2.98. The minimum Gasteiger partial charge on any atom is -0.496 e. The van der Waals surface area contributed by atoms with Gasteiger partial charge in [-0.25, -0.2) is 0 Å². The van der Waals surface area contributed by atoms with Crippen molar-refractivity contribution in [2.75, 3.05) is 14.2 Å². The average molecular weight is 272 g/mol. The Balaban J connectivity index is 2.15. The number of methoxy groups -OCH3 is 1. The molecule has 2 aromatic rings. The zero-order chi connectivity index (χ0) is 14.5. The van der Waals surface area contributed by atoms with Gasteiger partial charge in [-0.15, -0.1) is 0 Å². The van der Waals surface area contributed by atoms with Crippen molar-refractivity contribution < 1.29 is 9.53 Å². The summed E-state index contributed by atoms with van der Waals surface area (Å²) in [4.78, 5) is 27.3. The number of nitrogens with zero attached hydrogens (tertiary/aromatic N) is 1. The number of ether oxygens (including phenoxy) is 1. The number of nitrogens with one attached hydrogen (secondary N) is 1. The van der Waals surface area contributed by atoms with Crippen molar-refractivity contribution >= 4 is 5.91 Å². The van der Waals surface area contributed by atoms with Crippen molar-refractivity contribution in [3.8, 4) is 5.75 Å². The molecule has 20 heavy (non-hydrogen) atoms. The van der Waals surface area contributed by atoms with E-state index in [9.17, 15) is 9.59 Å². The van der Waals surface area contributed by atoms with Gasteiger partial charge < -0.3 is 14.6 Å². The van der Waals surface area contributed by atoms with Gasteiger partial charge in [-0.05, 0) is 12.1 Å². The maximum Gasteiger partial charge on any atom is 0.255 e. The number of benzene rings is 1. The molecule has 1 heterocycles. The van der Waals surface area contributed by atoms with Crippen LogP contribution in [0.25, 0.3) is 0 Å². The second-order valence-electron chi connectivity index (χ2n) is 4.41. The highest BCUT2D eigenvalue weighted by Gasteiger charge is 2.13. The van der Waals surface area contributed by atoms with E-state index < -0.39 is 0 Å². The second kappa shape index (κ2) is 6.06. The highest BCUT2D eigenvalue weighted by atomic mass is 16.5. The lowest BCUT2D eigenvalue weighted by molar-refractivity contribution is 0.0784. The van der Waals surface area contributed by atoms with E-state index >= 15 is 0 Å². The Labute approximate surface area is 116 Å². The van der Waals surface area contributed by atoms with Crippen LogP contribution in [0, 0.1) is 0 Å². The molecule has 0 saturated heterocycles. The maximum atomic E-state index is 12.2. The number of pyridine rings is 1. The number of aromatic nitrogens is 1. The van der Waals surface area contributed by atoms with Gasteiger partial charge in [-0.1, -0.05) is 18.2 Å². The Kier molecular flexibility index (Phi) is 4.20. The van der Waals surface area contributed by atoms with Gasteiger partial charge in [-0.2, -0.15) is 0 Å². The number of carbonyl (C=O) groups is 1. The van der Waals surface area contributed by atoms with Crippen molar-refractivity contribution in [1.82, 2.24) is 9.88 Å². The number of carbonyl (C=O) groups excluding carboxylic acids is 1. The van der Waals surface area contributed by atoms with Crippen molar-refractivity contribution in [2.24, 2.45) is 0 Å². The highest BCUT2D eigenvalue weighted by Crippen LogP contribution is 2.19. The summed E-state index contributed by atoms with van der Waals surface area (Å²) < 4.78 is 5.26. The van der Waals surface area contributed by atoms with E-state index in [1.165, 1.54) is 18.3 Å². The molecule has 5 heteroatoms. The van der Waals surface area contributed by atoms with Gasteiger partial charge in [-0.3, -0.25) is 9.59 Å². The smallest absolute Gasteiger partial charge is 0.255 e. The van der Waals surface area contributed by atoms with Crippen molar-refractivity contribution in [3.05, 3.63) is 64.1 Å². The van der Waals surface area contributed by atoms with E-state index in [2.05, 4.69) is 4.98 Å². The molecule has 0 saturated carbocycles. The lowest BCUT2D eigenvalue weighted by atomic mass is 10.1. The summed E-state index contributed by atoms with van der Waals surface area (Å²) in [5.41, 5.74) is 1.14. The topological polar surface area (TPSA) is 62.4 Å². The predicted molar refractivity (Wildman–Crippen MR) is 75.9 cm³/mol. The summed E-state index contributed by atoms with van der Waals surface area (Å²) in [6, 6.07) is 10.4. The first-order valence-corrected chi connectivity index (χ1v) is 6.18. The van der Waals surface area contributed by atoms with Crippen LogP contribution in [0.2, 0.25) is 0 Å². The molecule has 1 amide bonds. The average Bonchev–Trinajstić information content (AvgIpc) is 2.48. The fraction of sp³-hybridized carbons (Fsp3) is 0.200. The number of aromatic amines is 1. The van der Waals surface area contributed by atoms with Crippen LogP contribution < -0.4 is 10.3 Å². The molecule has 1 N–H and O–H groups in total. The lowest BCUT2D eigenvalue weighted by Crippen LogP contribution is -2.27. The minimum atomic E-state index is -0.228. The number of H-pyrrole nitrogens is 1. The van der Waals surface area contributed by atoms with E-state index in [1.54, 1.807) is 19.1 Å². The van der Waals surface area contributed by atoms with Gasteiger partial charge in [0.1, 0.15) is 5.75 Å². The molecule has 5 nitrogen and oxygen atoms in total. The first-order valence-electron chi connectivity index (χ1n) is 6.18. The van der Waals surface area contributed by atoms with Crippen LogP contribution in [0.1, 0.15) is 15.9 Å². The molecule has 1 aromatic heterocycles. The molecule has 0 atom stereocenters. The Morgan fingerprint density at radius 1 is 1.25 bits per heavy atom. The molecule has 1 aromatic carbocycles. The number of hydrogen-bond donors (Lipinski definition) is 1. The summed E-state index contributed by atoms with van der Waals surface area (Å²) in [6.07, 6.45) is 1.42. The normalized spacial score (nSPS) is 10.1. The first kappa shape index (κ1) is 13.9. The van der Waals surface area contributed by atoms with Crippen LogP contribution >= 0.6 is 0 Å². The molecule has 2 rings (SSSR count). The Hall–Kier alpha value is -2.56. The number of hydrogen-bond acceptors (Lipinski definition) is 3. The molecule has 0 unspecified atom stereocenters. The molecule has 104 valence electrons. The molecule has 0 radical (unpaired) electrons. The van der Waals surface area contributed by atoms with Gasteiger partial charge in [0, 0.05) is 31.4 Å². The Morgan fingerprint density at radius 3 is 2.65 bits per heavy atom. The second-order valence-corrected chi connectivity index (χ2v) is 4.41. The fourth-order valence-corrected chi connectivity index (χ4v) is 1.92. The first-order chi connectivity index (χ1) is 9.61. The summed E-state index contributed by atoms with van der Waals surface area (Å²) in [5.74, 6) is 0.584. The predicted octanol–water partition coefficient (Wildman–Crippen LogP) is 1.66. The molecule has 0 fully saturated rings. The SMILES string of the molecule is COc1ccccc1CN(C)C(=O)c1ccc(=O)[nH]c1. The Bertz CT molecular complexity index is 644. The number of amides is 1. The minimum absolute atomic E-state index is 0.160. The van der Waals surface area contributed by atoms with Crippen molar-refractivity contribution in [1.29, 1.82) is 0 Å². The van der Waals surface area contributed by atoms with Gasteiger partial charge in [0.05, 0.1) is 12.7 Å². The fourth-order valence-electron chi connectivity index (χ4n) is 1.92. The molecular formula is C15H16N2O3. The molecule has 0 bridgehead atoms. The van der Waals surface area contributed by atoms with Crippen molar-refractivity contribution in [2.45, 2.75) is 6.54 Å². The van der Waals surface area contributed by atoms with Crippen LogP contribution in [0.3, 0.4) is 0 Å². The molecule has 0 spiro atoms.